The van der Waals surface area contributed by atoms with Crippen LogP contribution in [0.4, 0.5) is 5.82 Å². The van der Waals surface area contributed by atoms with E-state index in [2.05, 4.69) is 34.0 Å². The number of piperidine rings is 1. The fourth-order valence-corrected chi connectivity index (χ4v) is 7.85. The van der Waals surface area contributed by atoms with Crippen LogP contribution in [0.15, 0.2) is 24.3 Å². The van der Waals surface area contributed by atoms with Crippen LogP contribution in [0, 0.1) is 23.2 Å². The number of alkyl halides is 1. The van der Waals surface area contributed by atoms with Gasteiger partial charge in [0.05, 0.1) is 12.1 Å². The van der Waals surface area contributed by atoms with Crippen molar-refractivity contribution in [2.75, 3.05) is 24.7 Å². The molecule has 2 saturated carbocycles. The molecule has 1 aromatic heterocycles. The van der Waals surface area contributed by atoms with Crippen LogP contribution in [0.1, 0.15) is 89.4 Å². The number of nitriles is 1. The first-order valence-corrected chi connectivity index (χ1v) is 16.7. The number of ether oxygens (including phenoxy) is 1. The highest BCUT2D eigenvalue weighted by atomic mass is 127. The third kappa shape index (κ3) is 4.61. The number of halogens is 1. The van der Waals surface area contributed by atoms with E-state index >= 15 is 0 Å². The number of likely N-dealkylation sites (tertiary alicyclic amines) is 1. The molecular weight excluding hydrogens is 647 g/mol. The maximum atomic E-state index is 14.4. The predicted octanol–water partition coefficient (Wildman–Crippen LogP) is 3.95. The molecule has 2 saturated heterocycles. The standard InChI is InChI=1S/C31H35IN6O4/c1-2-36-29-25(24(18-6-7-18)26(30(36)40)34-28(39)19-5-3-4-17(12-19)15-32)27(35-38(29)21-8-10-42-11-9-21)31(41)37-22(16-33)13-20-14-23(20)37/h3-5,12,18,20-24,26H,2,6-11,13-15H2,1H3,(H,34,39)/t20-,22-,23+,24-,26-/m0/s1. The van der Waals surface area contributed by atoms with Crippen LogP contribution in [0.2, 0.25) is 0 Å². The van der Waals surface area contributed by atoms with Crippen molar-refractivity contribution in [1.82, 2.24) is 20.0 Å². The Labute approximate surface area is 258 Å². The van der Waals surface area contributed by atoms with Gasteiger partial charge in [0, 0.05) is 47.3 Å². The van der Waals surface area contributed by atoms with E-state index in [-0.39, 0.29) is 41.6 Å². The molecule has 0 unspecified atom stereocenters. The molecular formula is C31H35IN6O4. The Balaban J connectivity index is 1.34. The van der Waals surface area contributed by atoms with Gasteiger partial charge in [-0.15, -0.1) is 0 Å². The first-order chi connectivity index (χ1) is 20.4. The molecule has 1 N–H and O–H groups in total. The first kappa shape index (κ1) is 27.8. The molecule has 3 aliphatic heterocycles. The molecule has 5 atom stereocenters. The zero-order valence-corrected chi connectivity index (χ0v) is 25.8. The molecule has 0 radical (unpaired) electrons. The Morgan fingerprint density at radius 3 is 2.64 bits per heavy atom. The average molecular weight is 683 g/mol. The van der Waals surface area contributed by atoms with Crippen molar-refractivity contribution in [1.29, 1.82) is 5.26 Å². The van der Waals surface area contributed by atoms with E-state index in [4.69, 9.17) is 9.84 Å². The van der Waals surface area contributed by atoms with Gasteiger partial charge in [0.15, 0.2) is 5.69 Å². The number of fused-ring (bicyclic) bond motifs is 2. The zero-order valence-electron chi connectivity index (χ0n) is 23.7. The Bertz CT molecular complexity index is 1470. The van der Waals surface area contributed by atoms with Gasteiger partial charge in [-0.2, -0.15) is 10.4 Å². The molecule has 220 valence electrons. The van der Waals surface area contributed by atoms with E-state index < -0.39 is 12.1 Å². The number of likely N-dealkylation sites (N-methyl/N-ethyl adjacent to an activating group) is 1. The normalized spacial score (nSPS) is 28.7. The van der Waals surface area contributed by atoms with Crippen LogP contribution in [0.5, 0.6) is 0 Å². The van der Waals surface area contributed by atoms with Crippen molar-refractivity contribution in [2.45, 2.75) is 80.0 Å². The molecule has 3 amide bonds. The summed E-state index contributed by atoms with van der Waals surface area (Å²) in [6.07, 6.45) is 4.95. The predicted molar refractivity (Wildman–Crippen MR) is 162 cm³/mol. The van der Waals surface area contributed by atoms with Crippen LogP contribution < -0.4 is 10.2 Å². The lowest BCUT2D eigenvalue weighted by molar-refractivity contribution is -0.121. The molecule has 0 spiro atoms. The van der Waals surface area contributed by atoms with E-state index in [1.54, 1.807) is 15.9 Å². The summed E-state index contributed by atoms with van der Waals surface area (Å²) >= 11 is 2.27. The zero-order chi connectivity index (χ0) is 29.1. The van der Waals surface area contributed by atoms with Crippen molar-refractivity contribution in [3.63, 3.8) is 0 Å². The fraction of sp³-hybridized carbons (Fsp3) is 0.581. The van der Waals surface area contributed by atoms with Gasteiger partial charge in [0.2, 0.25) is 0 Å². The van der Waals surface area contributed by atoms with E-state index in [0.717, 1.165) is 47.7 Å². The number of hydrogen-bond acceptors (Lipinski definition) is 6. The Kier molecular flexibility index (Phi) is 7.25. The Hall–Kier alpha value is -2.98. The van der Waals surface area contributed by atoms with E-state index in [9.17, 15) is 19.6 Å². The lowest BCUT2D eigenvalue weighted by Crippen LogP contribution is -2.56. The van der Waals surface area contributed by atoms with Gasteiger partial charge < -0.3 is 15.0 Å². The van der Waals surface area contributed by atoms with Gasteiger partial charge in [-0.05, 0) is 75.0 Å². The highest BCUT2D eigenvalue weighted by molar-refractivity contribution is 14.1. The summed E-state index contributed by atoms with van der Waals surface area (Å²) in [5.74, 6) is 0.195. The smallest absolute Gasteiger partial charge is 0.276 e. The summed E-state index contributed by atoms with van der Waals surface area (Å²) < 4.78 is 8.32. The van der Waals surface area contributed by atoms with Gasteiger partial charge in [0.25, 0.3) is 17.7 Å². The number of carbonyl (C=O) groups is 3. The van der Waals surface area contributed by atoms with Gasteiger partial charge >= 0.3 is 0 Å². The number of benzene rings is 1. The van der Waals surface area contributed by atoms with E-state index in [0.29, 0.717) is 49.2 Å². The van der Waals surface area contributed by atoms with Crippen molar-refractivity contribution < 1.29 is 19.1 Å². The van der Waals surface area contributed by atoms with Crippen molar-refractivity contribution >= 4 is 46.1 Å². The summed E-state index contributed by atoms with van der Waals surface area (Å²) in [4.78, 5) is 45.7. The highest BCUT2D eigenvalue weighted by Crippen LogP contribution is 2.53. The second kappa shape index (κ2) is 10.9. The second-order valence-electron chi connectivity index (χ2n) is 12.3. The Morgan fingerprint density at radius 2 is 1.95 bits per heavy atom. The van der Waals surface area contributed by atoms with Crippen LogP contribution in [-0.4, -0.2) is 70.3 Å². The van der Waals surface area contributed by atoms with Crippen LogP contribution in [0.3, 0.4) is 0 Å². The van der Waals surface area contributed by atoms with E-state index in [1.165, 1.54) is 0 Å². The summed E-state index contributed by atoms with van der Waals surface area (Å²) in [6, 6.07) is 8.63. The maximum Gasteiger partial charge on any atom is 0.276 e. The van der Waals surface area contributed by atoms with Crippen LogP contribution in [-0.2, 0) is 14.0 Å². The third-order valence-electron chi connectivity index (χ3n) is 9.70. The van der Waals surface area contributed by atoms with Crippen LogP contribution in [0.25, 0.3) is 0 Å². The molecule has 5 aliphatic rings. The van der Waals surface area contributed by atoms with Crippen molar-refractivity contribution in [2.24, 2.45) is 11.8 Å². The average Bonchev–Trinajstić information content (AvgIpc) is 3.94. The maximum absolute atomic E-state index is 14.4. The second-order valence-corrected chi connectivity index (χ2v) is 13.0. The van der Waals surface area contributed by atoms with Gasteiger partial charge in [0.1, 0.15) is 17.9 Å². The molecule has 11 heteroatoms. The number of amides is 3. The molecule has 1 aromatic carbocycles. The quantitative estimate of drug-likeness (QED) is 0.349. The molecule has 7 rings (SSSR count). The Morgan fingerprint density at radius 1 is 1.17 bits per heavy atom. The number of carbonyl (C=O) groups excluding carboxylic acids is 3. The molecule has 0 bridgehead atoms. The molecule has 2 aromatic rings. The number of rotatable bonds is 7. The molecule has 2 aliphatic carbocycles. The largest absolute Gasteiger partial charge is 0.381 e. The van der Waals surface area contributed by atoms with Crippen LogP contribution >= 0.6 is 22.6 Å². The number of aromatic nitrogens is 2. The number of hydrogen-bond donors (Lipinski definition) is 1. The number of nitrogens with one attached hydrogen (secondary N) is 1. The van der Waals surface area contributed by atoms with Gasteiger partial charge in [-0.3, -0.25) is 19.3 Å². The summed E-state index contributed by atoms with van der Waals surface area (Å²) in [5.41, 5.74) is 2.67. The number of anilines is 1. The van der Waals surface area contributed by atoms with E-state index in [1.807, 2.05) is 29.8 Å². The molecule has 10 nitrogen and oxygen atoms in total. The SMILES string of the molecule is CCN1C(=O)[C@@H](NC(=O)c2cccc(CI)c2)[C@@H](C2CC2)c2c(C(=O)N3[C@H](C#N)C[C@H]4C[C@H]43)nn(C3CCOCC3)c21. The molecule has 4 heterocycles. The van der Waals surface area contributed by atoms with Crippen molar-refractivity contribution in [3.05, 3.63) is 46.6 Å². The topological polar surface area (TPSA) is 121 Å². The summed E-state index contributed by atoms with van der Waals surface area (Å²) in [7, 11) is 0. The van der Waals surface area contributed by atoms with Crippen molar-refractivity contribution in [3.8, 4) is 6.07 Å². The lowest BCUT2D eigenvalue weighted by atomic mass is 9.82. The first-order valence-electron chi connectivity index (χ1n) is 15.1. The minimum atomic E-state index is -0.807. The summed E-state index contributed by atoms with van der Waals surface area (Å²) in [6.45, 7) is 3.50. The highest BCUT2D eigenvalue weighted by Gasteiger charge is 2.57. The number of nitrogens with zero attached hydrogens (tertiary/aromatic N) is 5. The minimum absolute atomic E-state index is 0.00285. The monoisotopic (exact) mass is 682 g/mol. The minimum Gasteiger partial charge on any atom is -0.381 e. The lowest BCUT2D eigenvalue weighted by Gasteiger charge is -2.39. The fourth-order valence-electron chi connectivity index (χ4n) is 7.38. The third-order valence-corrected chi connectivity index (χ3v) is 10.6. The van der Waals surface area contributed by atoms with Gasteiger partial charge in [-0.25, -0.2) is 4.68 Å². The summed E-state index contributed by atoms with van der Waals surface area (Å²) in [5, 5.41) is 18.0. The van der Waals surface area contributed by atoms with Gasteiger partial charge in [-0.1, -0.05) is 34.7 Å². The molecule has 4 fully saturated rings. The molecule has 42 heavy (non-hydrogen) atoms.